The van der Waals surface area contributed by atoms with Gasteiger partial charge < -0.3 is 20.8 Å². The molecule has 0 bridgehead atoms. The van der Waals surface area contributed by atoms with E-state index in [4.69, 9.17) is 10.2 Å². The molecular formula is C28H24N6O6. The van der Waals surface area contributed by atoms with Crippen LogP contribution in [0.3, 0.4) is 0 Å². The monoisotopic (exact) mass is 540 g/mol. The molecule has 0 aliphatic carbocycles. The number of carboxylic acid groups (broad SMARTS) is 2. The van der Waals surface area contributed by atoms with Gasteiger partial charge in [0.25, 0.3) is 11.8 Å². The number of unbranched alkanes of at least 4 members (excludes halogenated alkanes) is 1. The first kappa shape index (κ1) is 27.5. The number of carboxylic acids is 2. The van der Waals surface area contributed by atoms with Gasteiger partial charge in [0.15, 0.2) is 0 Å². The Morgan fingerprint density at radius 1 is 0.525 bits per heavy atom. The summed E-state index contributed by atoms with van der Waals surface area (Å²) in [5.74, 6) is -2.79. The van der Waals surface area contributed by atoms with E-state index in [0.717, 1.165) is 0 Å². The molecule has 0 aromatic carbocycles. The fourth-order valence-corrected chi connectivity index (χ4v) is 3.69. The van der Waals surface area contributed by atoms with Crippen LogP contribution in [0.15, 0.2) is 73.3 Å². The van der Waals surface area contributed by atoms with Crippen LogP contribution in [0.4, 0.5) is 0 Å². The van der Waals surface area contributed by atoms with E-state index in [1.165, 1.54) is 49.1 Å². The van der Waals surface area contributed by atoms with Crippen molar-refractivity contribution in [3.8, 4) is 22.8 Å². The van der Waals surface area contributed by atoms with Gasteiger partial charge in [-0.25, -0.2) is 9.59 Å². The molecule has 4 aromatic rings. The van der Waals surface area contributed by atoms with Crippen LogP contribution in [0.2, 0.25) is 0 Å². The molecule has 0 saturated carbocycles. The van der Waals surface area contributed by atoms with E-state index in [1.54, 1.807) is 24.3 Å². The Kier molecular flexibility index (Phi) is 8.82. The van der Waals surface area contributed by atoms with Crippen molar-refractivity contribution in [2.24, 2.45) is 0 Å². The summed E-state index contributed by atoms with van der Waals surface area (Å²) in [7, 11) is 0. The van der Waals surface area contributed by atoms with Crippen molar-refractivity contribution in [2.45, 2.75) is 12.8 Å². The van der Waals surface area contributed by atoms with Gasteiger partial charge in [-0.1, -0.05) is 0 Å². The molecule has 4 rings (SSSR count). The van der Waals surface area contributed by atoms with Gasteiger partial charge in [-0.2, -0.15) is 0 Å². The number of rotatable bonds is 11. The maximum absolute atomic E-state index is 12.6. The van der Waals surface area contributed by atoms with Crippen molar-refractivity contribution < 1.29 is 29.4 Å². The molecule has 4 N–H and O–H groups in total. The molecule has 0 unspecified atom stereocenters. The first-order chi connectivity index (χ1) is 19.3. The minimum atomic E-state index is -1.08. The van der Waals surface area contributed by atoms with Crippen molar-refractivity contribution in [1.82, 2.24) is 30.6 Å². The number of hydrogen-bond acceptors (Lipinski definition) is 8. The molecule has 4 heterocycles. The molecule has 0 aliphatic rings. The number of pyridine rings is 4. The van der Waals surface area contributed by atoms with E-state index >= 15 is 0 Å². The molecule has 12 heteroatoms. The molecule has 0 saturated heterocycles. The van der Waals surface area contributed by atoms with Gasteiger partial charge in [0.2, 0.25) is 0 Å². The second kappa shape index (κ2) is 12.8. The van der Waals surface area contributed by atoms with Crippen molar-refractivity contribution in [3.63, 3.8) is 0 Å². The minimum Gasteiger partial charge on any atom is -0.478 e. The lowest BCUT2D eigenvalue weighted by Crippen LogP contribution is -2.27. The second-order valence-corrected chi connectivity index (χ2v) is 8.55. The van der Waals surface area contributed by atoms with Crippen molar-refractivity contribution >= 4 is 23.8 Å². The largest absolute Gasteiger partial charge is 0.478 e. The zero-order valence-electron chi connectivity index (χ0n) is 21.1. The van der Waals surface area contributed by atoms with Crippen LogP contribution >= 0.6 is 0 Å². The third kappa shape index (κ3) is 7.07. The number of hydrogen-bond donors (Lipinski definition) is 4. The molecule has 12 nitrogen and oxygen atoms in total. The van der Waals surface area contributed by atoms with E-state index in [2.05, 4.69) is 30.6 Å². The third-order valence-electron chi connectivity index (χ3n) is 5.76. The first-order valence-electron chi connectivity index (χ1n) is 12.2. The molecule has 0 aliphatic heterocycles. The summed E-state index contributed by atoms with van der Waals surface area (Å²) in [6, 6.07) is 11.7. The van der Waals surface area contributed by atoms with E-state index in [9.17, 15) is 19.2 Å². The fraction of sp³-hybridized carbons (Fsp3) is 0.143. The van der Waals surface area contributed by atoms with Gasteiger partial charge in [-0.15, -0.1) is 0 Å². The van der Waals surface area contributed by atoms with Gasteiger partial charge in [0.1, 0.15) is 0 Å². The van der Waals surface area contributed by atoms with Crippen LogP contribution in [0.5, 0.6) is 0 Å². The summed E-state index contributed by atoms with van der Waals surface area (Å²) in [6.07, 6.45) is 6.88. The predicted molar refractivity (Wildman–Crippen MR) is 143 cm³/mol. The Labute approximate surface area is 228 Å². The molecular weight excluding hydrogens is 516 g/mol. The number of aromatic nitrogens is 4. The Morgan fingerprint density at radius 3 is 1.15 bits per heavy atom. The molecule has 0 spiro atoms. The first-order valence-corrected chi connectivity index (χ1v) is 12.2. The van der Waals surface area contributed by atoms with Crippen LogP contribution in [-0.2, 0) is 0 Å². The summed E-state index contributed by atoms with van der Waals surface area (Å²) in [6.45, 7) is 0.758. The Hall–Kier alpha value is -5.52. The number of nitrogens with one attached hydrogen (secondary N) is 2. The maximum atomic E-state index is 12.6. The lowest BCUT2D eigenvalue weighted by atomic mass is 10.1. The average molecular weight is 541 g/mol. The van der Waals surface area contributed by atoms with Crippen LogP contribution in [-0.4, -0.2) is 67.0 Å². The number of nitrogens with zero attached hydrogens (tertiary/aromatic N) is 4. The highest BCUT2D eigenvalue weighted by Crippen LogP contribution is 2.18. The molecule has 0 fully saturated rings. The zero-order chi connectivity index (χ0) is 28.5. The summed E-state index contributed by atoms with van der Waals surface area (Å²) in [5.41, 5.74) is 2.30. The summed E-state index contributed by atoms with van der Waals surface area (Å²) in [5, 5.41) is 24.0. The highest BCUT2D eigenvalue weighted by atomic mass is 16.4. The van der Waals surface area contributed by atoms with E-state index in [0.29, 0.717) is 59.8 Å². The van der Waals surface area contributed by atoms with Crippen molar-refractivity contribution in [1.29, 1.82) is 0 Å². The van der Waals surface area contributed by atoms with Gasteiger partial charge >= 0.3 is 11.9 Å². The van der Waals surface area contributed by atoms with Gasteiger partial charge in [-0.05, 0) is 61.4 Å². The molecule has 0 atom stereocenters. The predicted octanol–water partition coefficient (Wildman–Crippen LogP) is 2.94. The van der Waals surface area contributed by atoms with E-state index < -0.39 is 11.9 Å². The number of carbonyl (C=O) groups is 4. The lowest BCUT2D eigenvalue weighted by Gasteiger charge is -2.08. The Bertz CT molecular complexity index is 1460. The van der Waals surface area contributed by atoms with Crippen molar-refractivity contribution in [2.75, 3.05) is 13.1 Å². The number of aromatic carboxylic acids is 2. The Balaban J connectivity index is 1.24. The van der Waals surface area contributed by atoms with Gasteiger partial charge in [-0.3, -0.25) is 29.5 Å². The standard InChI is InChI=1S/C28H24N6O6/c35-25(17-3-9-29-21(13-17)23-15-19(27(37)38)5-11-31-23)33-7-1-2-8-34-26(36)18-4-10-30-22(14-18)24-16-20(28(39)40)6-12-32-24/h3-6,9-16H,1-2,7-8H2,(H,33,35)(H,34,36)(H,37,38)(H,39,40). The molecule has 4 aromatic heterocycles. The van der Waals surface area contributed by atoms with E-state index in [1.807, 2.05) is 0 Å². The molecule has 2 amide bonds. The molecule has 0 radical (unpaired) electrons. The van der Waals surface area contributed by atoms with E-state index in [-0.39, 0.29) is 22.9 Å². The normalized spacial score (nSPS) is 10.5. The summed E-state index contributed by atoms with van der Waals surface area (Å²) < 4.78 is 0. The number of carbonyl (C=O) groups excluding carboxylic acids is 2. The second-order valence-electron chi connectivity index (χ2n) is 8.55. The topological polar surface area (TPSA) is 184 Å². The third-order valence-corrected chi connectivity index (χ3v) is 5.76. The highest BCUT2D eigenvalue weighted by Gasteiger charge is 2.12. The smallest absolute Gasteiger partial charge is 0.335 e. The average Bonchev–Trinajstić information content (AvgIpc) is 2.99. The quantitative estimate of drug-likeness (QED) is 0.206. The Morgan fingerprint density at radius 2 is 0.825 bits per heavy atom. The van der Waals surface area contributed by atoms with Crippen LogP contribution in [0.1, 0.15) is 54.3 Å². The SMILES string of the molecule is O=C(O)c1ccnc(-c2cc(C(=O)NCCCCNC(=O)c3ccnc(-c4cc(C(=O)O)ccn4)c3)ccn2)c1. The van der Waals surface area contributed by atoms with Gasteiger partial charge in [0, 0.05) is 49.0 Å². The zero-order valence-corrected chi connectivity index (χ0v) is 21.1. The number of amides is 2. The molecule has 40 heavy (non-hydrogen) atoms. The highest BCUT2D eigenvalue weighted by molar-refractivity contribution is 5.96. The summed E-state index contributed by atoms with van der Waals surface area (Å²) in [4.78, 5) is 64.2. The van der Waals surface area contributed by atoms with Crippen LogP contribution in [0, 0.1) is 0 Å². The minimum absolute atomic E-state index is 0.0700. The van der Waals surface area contributed by atoms with Crippen LogP contribution < -0.4 is 10.6 Å². The van der Waals surface area contributed by atoms with Crippen LogP contribution in [0.25, 0.3) is 22.8 Å². The summed E-state index contributed by atoms with van der Waals surface area (Å²) >= 11 is 0. The maximum Gasteiger partial charge on any atom is 0.335 e. The lowest BCUT2D eigenvalue weighted by molar-refractivity contribution is 0.0686. The fourth-order valence-electron chi connectivity index (χ4n) is 3.69. The van der Waals surface area contributed by atoms with Gasteiger partial charge in [0.05, 0.1) is 33.9 Å². The van der Waals surface area contributed by atoms with Crippen molar-refractivity contribution in [3.05, 3.63) is 95.6 Å². The molecule has 202 valence electrons.